The lowest BCUT2D eigenvalue weighted by atomic mass is 9.73. The first-order chi connectivity index (χ1) is 13.3. The molecule has 5 rings (SSSR count). The Morgan fingerprint density at radius 2 is 1.30 bits per heavy atom. The molecule has 0 bridgehead atoms. The largest absolute Gasteiger partial charge is 0.0828 e. The molecule has 2 aliphatic carbocycles. The maximum absolute atomic E-state index is 3.97. The number of alkyl halides is 1. The molecule has 0 aliphatic heterocycles. The fourth-order valence-corrected chi connectivity index (χ4v) is 5.11. The molecule has 0 N–H and O–H groups in total. The fraction of sp³-hybridized carbons (Fsp3) is 0.0769. The summed E-state index contributed by atoms with van der Waals surface area (Å²) in [7, 11) is 0. The Morgan fingerprint density at radius 3 is 2.11 bits per heavy atom. The highest BCUT2D eigenvalue weighted by Gasteiger charge is 2.33. The van der Waals surface area contributed by atoms with E-state index in [1.807, 2.05) is 0 Å². The molecule has 0 amide bonds. The SMILES string of the molecule is BrC1c2ccccc2C(c2ccccc2-c2ccccc2)=C2C=CC=CC21. The highest BCUT2D eigenvalue weighted by atomic mass is 79.9. The van der Waals surface area contributed by atoms with Crippen molar-refractivity contribution in [2.75, 3.05) is 0 Å². The maximum Gasteiger partial charge on any atom is 0.0504 e. The molecule has 130 valence electrons. The van der Waals surface area contributed by atoms with Gasteiger partial charge in [-0.25, -0.2) is 0 Å². The van der Waals surface area contributed by atoms with Crippen LogP contribution in [0, 0.1) is 5.92 Å². The highest BCUT2D eigenvalue weighted by Crippen LogP contribution is 2.51. The van der Waals surface area contributed by atoms with Gasteiger partial charge in [-0.15, -0.1) is 0 Å². The summed E-state index contributed by atoms with van der Waals surface area (Å²) in [6, 6.07) is 28.3. The minimum atomic E-state index is 0.303. The summed E-state index contributed by atoms with van der Waals surface area (Å²) in [5, 5.41) is 0. The minimum absolute atomic E-state index is 0.303. The van der Waals surface area contributed by atoms with Crippen molar-refractivity contribution in [1.82, 2.24) is 0 Å². The van der Waals surface area contributed by atoms with Crippen molar-refractivity contribution >= 4 is 21.5 Å². The quantitative estimate of drug-likeness (QED) is 0.387. The third-order valence-electron chi connectivity index (χ3n) is 5.48. The lowest BCUT2D eigenvalue weighted by molar-refractivity contribution is 0.746. The van der Waals surface area contributed by atoms with Crippen molar-refractivity contribution < 1.29 is 0 Å². The van der Waals surface area contributed by atoms with Gasteiger partial charge >= 0.3 is 0 Å². The van der Waals surface area contributed by atoms with Gasteiger partial charge in [0, 0.05) is 5.92 Å². The van der Waals surface area contributed by atoms with E-state index in [-0.39, 0.29) is 0 Å². The first-order valence-electron chi connectivity index (χ1n) is 9.32. The van der Waals surface area contributed by atoms with E-state index in [1.54, 1.807) is 0 Å². The topological polar surface area (TPSA) is 0 Å². The normalized spacial score (nSPS) is 20.3. The molecular weight excluding hydrogens is 392 g/mol. The summed E-state index contributed by atoms with van der Waals surface area (Å²) in [6.07, 6.45) is 8.92. The van der Waals surface area contributed by atoms with Gasteiger partial charge in [-0.1, -0.05) is 119 Å². The van der Waals surface area contributed by atoms with Gasteiger partial charge in [0.05, 0.1) is 4.83 Å². The average molecular weight is 411 g/mol. The molecule has 1 heteroatoms. The smallest absolute Gasteiger partial charge is 0.0504 e. The Bertz CT molecular complexity index is 1090. The first-order valence-corrected chi connectivity index (χ1v) is 10.2. The Balaban J connectivity index is 1.82. The Morgan fingerprint density at radius 1 is 0.630 bits per heavy atom. The highest BCUT2D eigenvalue weighted by molar-refractivity contribution is 9.09. The molecule has 0 fully saturated rings. The molecule has 0 heterocycles. The van der Waals surface area contributed by atoms with Crippen LogP contribution in [0.2, 0.25) is 0 Å². The van der Waals surface area contributed by atoms with Crippen molar-refractivity contribution in [3.63, 3.8) is 0 Å². The van der Waals surface area contributed by atoms with Crippen molar-refractivity contribution in [1.29, 1.82) is 0 Å². The minimum Gasteiger partial charge on any atom is -0.0828 e. The van der Waals surface area contributed by atoms with Gasteiger partial charge in [-0.2, -0.15) is 0 Å². The Labute approximate surface area is 168 Å². The number of hydrogen-bond acceptors (Lipinski definition) is 0. The molecule has 27 heavy (non-hydrogen) atoms. The Hall–Kier alpha value is -2.64. The molecule has 0 saturated carbocycles. The molecule has 3 aromatic rings. The lowest BCUT2D eigenvalue weighted by Crippen LogP contribution is -2.18. The van der Waals surface area contributed by atoms with Crippen molar-refractivity contribution in [2.24, 2.45) is 5.92 Å². The van der Waals surface area contributed by atoms with Crippen molar-refractivity contribution in [2.45, 2.75) is 4.83 Å². The van der Waals surface area contributed by atoms with E-state index in [1.165, 1.54) is 39.0 Å². The number of halogens is 1. The average Bonchev–Trinajstić information content (AvgIpc) is 2.75. The number of fused-ring (bicyclic) bond motifs is 2. The monoisotopic (exact) mass is 410 g/mol. The second-order valence-corrected chi connectivity index (χ2v) is 7.99. The van der Waals surface area contributed by atoms with Crippen LogP contribution in [0.3, 0.4) is 0 Å². The van der Waals surface area contributed by atoms with Crippen LogP contribution >= 0.6 is 15.9 Å². The van der Waals surface area contributed by atoms with Crippen molar-refractivity contribution in [3.05, 3.63) is 125 Å². The molecular formula is C26H19Br. The van der Waals surface area contributed by atoms with Crippen LogP contribution in [0.15, 0.2) is 109 Å². The van der Waals surface area contributed by atoms with Gasteiger partial charge < -0.3 is 0 Å². The zero-order valence-corrected chi connectivity index (χ0v) is 16.4. The van der Waals surface area contributed by atoms with E-state index in [0.29, 0.717) is 10.7 Å². The van der Waals surface area contributed by atoms with Gasteiger partial charge in [-0.3, -0.25) is 0 Å². The van der Waals surface area contributed by atoms with Crippen molar-refractivity contribution in [3.8, 4) is 11.1 Å². The van der Waals surface area contributed by atoms with Gasteiger partial charge in [0.25, 0.3) is 0 Å². The van der Waals surface area contributed by atoms with Gasteiger partial charge in [0.15, 0.2) is 0 Å². The summed E-state index contributed by atoms with van der Waals surface area (Å²) in [4.78, 5) is 0.303. The van der Waals surface area contributed by atoms with Crippen LogP contribution in [-0.4, -0.2) is 0 Å². The summed E-state index contributed by atoms with van der Waals surface area (Å²) in [5.41, 5.74) is 9.28. The van der Waals surface area contributed by atoms with Gasteiger partial charge in [0.1, 0.15) is 0 Å². The Kier molecular flexibility index (Phi) is 4.18. The van der Waals surface area contributed by atoms with E-state index in [0.717, 1.165) is 0 Å². The number of allylic oxidation sites excluding steroid dienone is 5. The first kappa shape index (κ1) is 16.5. The molecule has 2 aliphatic rings. The molecule has 0 aromatic heterocycles. The van der Waals surface area contributed by atoms with Crippen LogP contribution in [0.4, 0.5) is 0 Å². The molecule has 0 nitrogen and oxygen atoms in total. The number of benzene rings is 3. The van der Waals surface area contributed by atoms with Gasteiger partial charge in [0.2, 0.25) is 0 Å². The summed E-state index contributed by atoms with van der Waals surface area (Å²) in [6.45, 7) is 0. The van der Waals surface area contributed by atoms with E-state index in [4.69, 9.17) is 0 Å². The predicted molar refractivity (Wildman–Crippen MR) is 118 cm³/mol. The van der Waals surface area contributed by atoms with E-state index in [9.17, 15) is 0 Å². The zero-order valence-electron chi connectivity index (χ0n) is 14.8. The summed E-state index contributed by atoms with van der Waals surface area (Å²) < 4.78 is 0. The molecule has 0 radical (unpaired) electrons. The lowest BCUT2D eigenvalue weighted by Gasteiger charge is -2.34. The van der Waals surface area contributed by atoms with Crippen LogP contribution < -0.4 is 0 Å². The van der Waals surface area contributed by atoms with Crippen LogP contribution in [-0.2, 0) is 0 Å². The summed E-state index contributed by atoms with van der Waals surface area (Å²) >= 11 is 3.97. The molecule has 0 spiro atoms. The van der Waals surface area contributed by atoms with E-state index < -0.39 is 0 Å². The molecule has 0 saturated heterocycles. The second-order valence-electron chi connectivity index (χ2n) is 7.00. The van der Waals surface area contributed by atoms with Crippen LogP contribution in [0.25, 0.3) is 16.7 Å². The molecule has 2 unspecified atom stereocenters. The van der Waals surface area contributed by atoms with Crippen LogP contribution in [0.5, 0.6) is 0 Å². The molecule has 3 aromatic carbocycles. The third-order valence-corrected chi connectivity index (χ3v) is 6.54. The summed E-state index contributed by atoms with van der Waals surface area (Å²) in [5.74, 6) is 0.351. The second kappa shape index (κ2) is 6.83. The predicted octanol–water partition coefficient (Wildman–Crippen LogP) is 7.35. The van der Waals surface area contributed by atoms with E-state index in [2.05, 4.69) is 119 Å². The fourth-order valence-electron chi connectivity index (χ4n) is 4.25. The maximum atomic E-state index is 3.97. The number of hydrogen-bond donors (Lipinski definition) is 0. The third kappa shape index (κ3) is 2.74. The van der Waals surface area contributed by atoms with Crippen LogP contribution in [0.1, 0.15) is 21.5 Å². The standard InChI is InChI=1S/C26H19Br/c27-26-23-16-8-6-14-21(23)25(22-15-7-9-17-24(22)26)20-13-5-4-12-19(20)18-10-2-1-3-11-18/h1-17,23,26H. The molecule has 2 atom stereocenters. The zero-order chi connectivity index (χ0) is 18.2. The van der Waals surface area contributed by atoms with Gasteiger partial charge in [-0.05, 0) is 39.0 Å². The number of rotatable bonds is 2. The van der Waals surface area contributed by atoms with E-state index >= 15 is 0 Å².